The Bertz CT molecular complexity index is 217. The molecular formula is C15H28O2. The Labute approximate surface area is 105 Å². The van der Waals surface area contributed by atoms with Gasteiger partial charge in [0, 0.05) is 0 Å². The van der Waals surface area contributed by atoms with Crippen molar-refractivity contribution >= 4 is 0 Å². The lowest BCUT2D eigenvalue weighted by atomic mass is 9.71. The van der Waals surface area contributed by atoms with Crippen molar-refractivity contribution in [1.82, 2.24) is 0 Å². The molecule has 2 fully saturated rings. The maximum atomic E-state index is 10.1. The molecule has 100 valence electrons. The molecular weight excluding hydrogens is 212 g/mol. The summed E-state index contributed by atoms with van der Waals surface area (Å²) in [5, 5.41) is 20.2. The molecule has 17 heavy (non-hydrogen) atoms. The Kier molecular flexibility index (Phi) is 4.48. The molecule has 6 atom stereocenters. The molecule has 2 N–H and O–H groups in total. The van der Waals surface area contributed by atoms with Crippen molar-refractivity contribution in [2.45, 2.75) is 71.0 Å². The normalized spacial score (nSPS) is 48.0. The average Bonchev–Trinajstić information content (AvgIpc) is 2.28. The van der Waals surface area contributed by atoms with Gasteiger partial charge in [0.05, 0.1) is 12.2 Å². The third kappa shape index (κ3) is 3.45. The predicted octanol–water partition coefficient (Wildman–Crippen LogP) is 2.97. The minimum absolute atomic E-state index is 0.115. The van der Waals surface area contributed by atoms with E-state index >= 15 is 0 Å². The second kappa shape index (κ2) is 5.71. The largest absolute Gasteiger partial charge is 0.393 e. The molecule has 0 amide bonds. The molecule has 0 aromatic carbocycles. The van der Waals surface area contributed by atoms with Crippen molar-refractivity contribution < 1.29 is 10.2 Å². The van der Waals surface area contributed by atoms with Crippen LogP contribution in [0.25, 0.3) is 0 Å². The third-order valence-electron chi connectivity index (χ3n) is 5.01. The summed E-state index contributed by atoms with van der Waals surface area (Å²) in [6, 6.07) is 0. The summed E-state index contributed by atoms with van der Waals surface area (Å²) in [6.07, 6.45) is 7.37. The Balaban J connectivity index is 1.89. The molecule has 2 saturated carbocycles. The fourth-order valence-corrected chi connectivity index (χ4v) is 3.86. The van der Waals surface area contributed by atoms with E-state index in [1.54, 1.807) is 0 Å². The third-order valence-corrected chi connectivity index (χ3v) is 5.01. The van der Waals surface area contributed by atoms with Crippen molar-refractivity contribution in [2.75, 3.05) is 0 Å². The van der Waals surface area contributed by atoms with Crippen molar-refractivity contribution in [2.24, 2.45) is 23.7 Å². The van der Waals surface area contributed by atoms with E-state index in [2.05, 4.69) is 13.8 Å². The fraction of sp³-hybridized carbons (Fsp3) is 1.00. The van der Waals surface area contributed by atoms with Gasteiger partial charge < -0.3 is 10.2 Å². The standard InChI is InChI=1S/C15H28O2/c1-10-3-5-14(16)12(7-10)9-13-8-11(2)4-6-15(13)17/h10-17H,3-9H2,1-2H3. The SMILES string of the molecule is CC1CCC(O)C(CC2CC(C)CCC2O)C1. The highest BCUT2D eigenvalue weighted by Gasteiger charge is 2.33. The average molecular weight is 240 g/mol. The van der Waals surface area contributed by atoms with E-state index in [-0.39, 0.29) is 12.2 Å². The highest BCUT2D eigenvalue weighted by Crippen LogP contribution is 2.38. The molecule has 0 spiro atoms. The van der Waals surface area contributed by atoms with Gasteiger partial charge in [0.1, 0.15) is 0 Å². The first kappa shape index (κ1) is 13.4. The molecule has 0 aromatic heterocycles. The molecule has 0 heterocycles. The first-order valence-electron chi connectivity index (χ1n) is 7.42. The van der Waals surface area contributed by atoms with Crippen LogP contribution in [0.4, 0.5) is 0 Å². The molecule has 2 rings (SSSR count). The van der Waals surface area contributed by atoms with Crippen LogP contribution in [0.3, 0.4) is 0 Å². The van der Waals surface area contributed by atoms with Crippen LogP contribution in [0.5, 0.6) is 0 Å². The lowest BCUT2D eigenvalue weighted by Crippen LogP contribution is -2.35. The van der Waals surface area contributed by atoms with E-state index in [1.165, 1.54) is 12.8 Å². The molecule has 0 bridgehead atoms. The predicted molar refractivity (Wildman–Crippen MR) is 69.6 cm³/mol. The van der Waals surface area contributed by atoms with E-state index in [0.717, 1.165) is 43.9 Å². The summed E-state index contributed by atoms with van der Waals surface area (Å²) < 4.78 is 0. The number of aliphatic hydroxyl groups excluding tert-OH is 2. The topological polar surface area (TPSA) is 40.5 Å². The van der Waals surface area contributed by atoms with Crippen LogP contribution in [0.1, 0.15) is 58.8 Å². The van der Waals surface area contributed by atoms with Gasteiger partial charge in [-0.3, -0.25) is 0 Å². The van der Waals surface area contributed by atoms with Crippen LogP contribution < -0.4 is 0 Å². The van der Waals surface area contributed by atoms with Gasteiger partial charge in [0.25, 0.3) is 0 Å². The first-order valence-corrected chi connectivity index (χ1v) is 7.42. The van der Waals surface area contributed by atoms with Crippen molar-refractivity contribution in [3.05, 3.63) is 0 Å². The van der Waals surface area contributed by atoms with Crippen LogP contribution in [0.15, 0.2) is 0 Å². The smallest absolute Gasteiger partial charge is 0.0568 e. The summed E-state index contributed by atoms with van der Waals surface area (Å²) in [7, 11) is 0. The minimum atomic E-state index is -0.115. The highest BCUT2D eigenvalue weighted by atomic mass is 16.3. The van der Waals surface area contributed by atoms with Crippen molar-refractivity contribution in [1.29, 1.82) is 0 Å². The van der Waals surface area contributed by atoms with Gasteiger partial charge in [-0.05, 0) is 68.6 Å². The molecule has 0 radical (unpaired) electrons. The minimum Gasteiger partial charge on any atom is -0.393 e. The van der Waals surface area contributed by atoms with E-state index in [1.807, 2.05) is 0 Å². The van der Waals surface area contributed by atoms with Gasteiger partial charge in [0.2, 0.25) is 0 Å². The Morgan fingerprint density at radius 2 is 1.18 bits per heavy atom. The van der Waals surface area contributed by atoms with Crippen molar-refractivity contribution in [3.63, 3.8) is 0 Å². The summed E-state index contributed by atoms with van der Waals surface area (Å²) in [4.78, 5) is 0. The van der Waals surface area contributed by atoms with E-state index in [9.17, 15) is 10.2 Å². The number of hydrogen-bond acceptors (Lipinski definition) is 2. The zero-order chi connectivity index (χ0) is 12.4. The summed E-state index contributed by atoms with van der Waals surface area (Å²) in [5.41, 5.74) is 0. The first-order chi connectivity index (χ1) is 8.06. The van der Waals surface area contributed by atoms with E-state index < -0.39 is 0 Å². The van der Waals surface area contributed by atoms with Gasteiger partial charge in [-0.15, -0.1) is 0 Å². The van der Waals surface area contributed by atoms with E-state index in [4.69, 9.17) is 0 Å². The second-order valence-electron chi connectivity index (χ2n) is 6.73. The molecule has 2 nitrogen and oxygen atoms in total. The van der Waals surface area contributed by atoms with Crippen LogP contribution in [0, 0.1) is 23.7 Å². The number of hydrogen-bond donors (Lipinski definition) is 2. The molecule has 2 aliphatic rings. The molecule has 0 saturated heterocycles. The van der Waals surface area contributed by atoms with Crippen LogP contribution in [-0.2, 0) is 0 Å². The molecule has 2 heteroatoms. The lowest BCUT2D eigenvalue weighted by Gasteiger charge is -2.38. The Morgan fingerprint density at radius 3 is 1.59 bits per heavy atom. The molecule has 6 unspecified atom stereocenters. The van der Waals surface area contributed by atoms with Crippen molar-refractivity contribution in [3.8, 4) is 0 Å². The monoisotopic (exact) mass is 240 g/mol. The molecule has 2 aliphatic carbocycles. The molecule has 0 aliphatic heterocycles. The van der Waals surface area contributed by atoms with Gasteiger partial charge >= 0.3 is 0 Å². The molecule has 0 aromatic rings. The second-order valence-corrected chi connectivity index (χ2v) is 6.73. The maximum absolute atomic E-state index is 10.1. The Hall–Kier alpha value is -0.0800. The van der Waals surface area contributed by atoms with Gasteiger partial charge in [0.15, 0.2) is 0 Å². The van der Waals surface area contributed by atoms with E-state index in [0.29, 0.717) is 11.8 Å². The zero-order valence-electron chi connectivity index (χ0n) is 11.3. The summed E-state index contributed by atoms with van der Waals surface area (Å²) >= 11 is 0. The van der Waals surface area contributed by atoms with Crippen LogP contribution >= 0.6 is 0 Å². The zero-order valence-corrected chi connectivity index (χ0v) is 11.3. The van der Waals surface area contributed by atoms with Gasteiger partial charge in [-0.25, -0.2) is 0 Å². The maximum Gasteiger partial charge on any atom is 0.0568 e. The quantitative estimate of drug-likeness (QED) is 0.779. The highest BCUT2D eigenvalue weighted by molar-refractivity contribution is 4.85. The fourth-order valence-electron chi connectivity index (χ4n) is 3.86. The number of aliphatic hydroxyl groups is 2. The van der Waals surface area contributed by atoms with Gasteiger partial charge in [-0.2, -0.15) is 0 Å². The Morgan fingerprint density at radius 1 is 0.765 bits per heavy atom. The van der Waals surface area contributed by atoms with Gasteiger partial charge in [-0.1, -0.05) is 13.8 Å². The summed E-state index contributed by atoms with van der Waals surface area (Å²) in [6.45, 7) is 4.58. The lowest BCUT2D eigenvalue weighted by molar-refractivity contribution is -0.00390. The number of rotatable bonds is 2. The van der Waals surface area contributed by atoms with Crippen LogP contribution in [0.2, 0.25) is 0 Å². The summed E-state index contributed by atoms with van der Waals surface area (Å²) in [5.74, 6) is 2.37. The van der Waals surface area contributed by atoms with Crippen LogP contribution in [-0.4, -0.2) is 22.4 Å².